The van der Waals surface area contributed by atoms with Crippen LogP contribution in [0.15, 0.2) is 18.2 Å². The molecule has 0 bridgehead atoms. The normalized spacial score (nSPS) is 26.4. The van der Waals surface area contributed by atoms with Crippen LogP contribution in [0.25, 0.3) is 0 Å². The zero-order valence-corrected chi connectivity index (χ0v) is 12.1. The Balaban J connectivity index is 1.84. The molecule has 1 aromatic rings. The van der Waals surface area contributed by atoms with Crippen molar-refractivity contribution in [3.63, 3.8) is 0 Å². The Kier molecular flexibility index (Phi) is 3.76. The van der Waals surface area contributed by atoms with E-state index in [4.69, 9.17) is 4.74 Å². The molecule has 2 heterocycles. The van der Waals surface area contributed by atoms with Gasteiger partial charge in [0.25, 0.3) is 0 Å². The Labute approximate surface area is 119 Å². The Morgan fingerprint density at radius 3 is 3.00 bits per heavy atom. The van der Waals surface area contributed by atoms with E-state index < -0.39 is 0 Å². The molecule has 3 unspecified atom stereocenters. The number of carbonyl (C=O) groups is 1. The molecule has 0 aliphatic carbocycles. The number of likely N-dealkylation sites (N-methyl/N-ethyl adjacent to an activating group) is 1. The Morgan fingerprint density at radius 2 is 2.30 bits per heavy atom. The lowest BCUT2D eigenvalue weighted by Gasteiger charge is -2.25. The van der Waals surface area contributed by atoms with Crippen molar-refractivity contribution in [3.05, 3.63) is 29.3 Å². The standard InChI is InChI=1S/C16H22N2O2/c1-3-17-16(14-7-4-10(2)20-14)11-5-6-13-12(8-11)9-15(19)18-13/h5-6,8,10,14,16-17H,3-4,7,9H2,1-2H3,(H,18,19). The quantitative estimate of drug-likeness (QED) is 0.886. The number of ether oxygens (including phenoxy) is 1. The molecule has 4 nitrogen and oxygen atoms in total. The van der Waals surface area contributed by atoms with Crippen LogP contribution in [0.5, 0.6) is 0 Å². The topological polar surface area (TPSA) is 50.4 Å². The SMILES string of the molecule is CCNC(c1ccc2c(c1)CC(=O)N2)C1CCC(C)O1. The first-order valence-electron chi connectivity index (χ1n) is 7.49. The molecule has 0 saturated carbocycles. The smallest absolute Gasteiger partial charge is 0.228 e. The van der Waals surface area contributed by atoms with E-state index in [1.165, 1.54) is 5.56 Å². The zero-order valence-electron chi connectivity index (χ0n) is 12.1. The maximum absolute atomic E-state index is 11.5. The lowest BCUT2D eigenvalue weighted by Crippen LogP contribution is -2.32. The highest BCUT2D eigenvalue weighted by molar-refractivity contribution is 5.99. The van der Waals surface area contributed by atoms with Gasteiger partial charge >= 0.3 is 0 Å². The van der Waals surface area contributed by atoms with Crippen molar-refractivity contribution in [1.29, 1.82) is 0 Å². The minimum atomic E-state index is 0.0860. The Hall–Kier alpha value is -1.39. The van der Waals surface area contributed by atoms with Gasteiger partial charge in [-0.15, -0.1) is 0 Å². The summed E-state index contributed by atoms with van der Waals surface area (Å²) >= 11 is 0. The Morgan fingerprint density at radius 1 is 1.45 bits per heavy atom. The van der Waals surface area contributed by atoms with Crippen LogP contribution in [0.2, 0.25) is 0 Å². The van der Waals surface area contributed by atoms with Gasteiger partial charge in [0.15, 0.2) is 0 Å². The molecule has 20 heavy (non-hydrogen) atoms. The summed E-state index contributed by atoms with van der Waals surface area (Å²) in [6.45, 7) is 5.16. The molecule has 2 N–H and O–H groups in total. The van der Waals surface area contributed by atoms with Gasteiger partial charge < -0.3 is 15.4 Å². The lowest BCUT2D eigenvalue weighted by atomic mass is 9.96. The van der Waals surface area contributed by atoms with Gasteiger partial charge in [0.2, 0.25) is 5.91 Å². The van der Waals surface area contributed by atoms with Crippen molar-refractivity contribution >= 4 is 11.6 Å². The van der Waals surface area contributed by atoms with E-state index >= 15 is 0 Å². The first-order chi connectivity index (χ1) is 9.67. The van der Waals surface area contributed by atoms with Crippen molar-refractivity contribution < 1.29 is 9.53 Å². The highest BCUT2D eigenvalue weighted by atomic mass is 16.5. The molecule has 1 fully saturated rings. The van der Waals surface area contributed by atoms with E-state index in [0.29, 0.717) is 12.5 Å². The number of hydrogen-bond acceptors (Lipinski definition) is 3. The van der Waals surface area contributed by atoms with Crippen LogP contribution in [0, 0.1) is 0 Å². The van der Waals surface area contributed by atoms with Crippen molar-refractivity contribution in [2.45, 2.75) is 51.4 Å². The monoisotopic (exact) mass is 274 g/mol. The predicted octanol–water partition coefficient (Wildman–Crippen LogP) is 2.40. The fraction of sp³-hybridized carbons (Fsp3) is 0.562. The number of hydrogen-bond donors (Lipinski definition) is 2. The van der Waals surface area contributed by atoms with E-state index in [2.05, 4.69) is 36.6 Å². The van der Waals surface area contributed by atoms with Crippen molar-refractivity contribution in [3.8, 4) is 0 Å². The largest absolute Gasteiger partial charge is 0.373 e. The van der Waals surface area contributed by atoms with Crippen molar-refractivity contribution in [1.82, 2.24) is 5.32 Å². The fourth-order valence-corrected chi connectivity index (χ4v) is 3.21. The number of carbonyl (C=O) groups excluding carboxylic acids is 1. The van der Waals surface area contributed by atoms with Crippen LogP contribution in [0.4, 0.5) is 5.69 Å². The molecular weight excluding hydrogens is 252 g/mol. The Bertz CT molecular complexity index is 515. The third kappa shape index (κ3) is 2.58. The van der Waals surface area contributed by atoms with Crippen LogP contribution in [0.3, 0.4) is 0 Å². The van der Waals surface area contributed by atoms with Gasteiger partial charge in [0, 0.05) is 5.69 Å². The summed E-state index contributed by atoms with van der Waals surface area (Å²) in [5.41, 5.74) is 3.28. The zero-order chi connectivity index (χ0) is 14.1. The van der Waals surface area contributed by atoms with Crippen LogP contribution >= 0.6 is 0 Å². The van der Waals surface area contributed by atoms with E-state index in [9.17, 15) is 4.79 Å². The van der Waals surface area contributed by atoms with Gasteiger partial charge in [0.1, 0.15) is 0 Å². The second-order valence-electron chi connectivity index (χ2n) is 5.74. The lowest BCUT2D eigenvalue weighted by molar-refractivity contribution is -0.115. The van der Waals surface area contributed by atoms with Gasteiger partial charge in [-0.1, -0.05) is 19.1 Å². The molecule has 108 valence electrons. The number of amides is 1. The number of benzene rings is 1. The molecule has 3 rings (SSSR count). The van der Waals surface area contributed by atoms with E-state index in [-0.39, 0.29) is 18.1 Å². The number of anilines is 1. The second kappa shape index (κ2) is 5.54. The highest BCUT2D eigenvalue weighted by Crippen LogP contribution is 2.33. The molecule has 1 aromatic carbocycles. The predicted molar refractivity (Wildman–Crippen MR) is 78.8 cm³/mol. The summed E-state index contributed by atoms with van der Waals surface area (Å²) in [5.74, 6) is 0.0860. The molecule has 4 heteroatoms. The summed E-state index contributed by atoms with van der Waals surface area (Å²) in [6, 6.07) is 6.47. The van der Waals surface area contributed by atoms with E-state index in [0.717, 1.165) is 30.6 Å². The van der Waals surface area contributed by atoms with Crippen LogP contribution in [0.1, 0.15) is 43.9 Å². The average molecular weight is 274 g/mol. The average Bonchev–Trinajstić information content (AvgIpc) is 3.00. The molecule has 0 spiro atoms. The van der Waals surface area contributed by atoms with Gasteiger partial charge in [0.05, 0.1) is 24.7 Å². The van der Waals surface area contributed by atoms with Gasteiger partial charge in [-0.25, -0.2) is 0 Å². The molecule has 2 aliphatic rings. The molecule has 3 atom stereocenters. The number of fused-ring (bicyclic) bond motifs is 1. The second-order valence-corrected chi connectivity index (χ2v) is 5.74. The third-order valence-electron chi connectivity index (χ3n) is 4.17. The molecular formula is C16H22N2O2. The van der Waals surface area contributed by atoms with Crippen LogP contribution < -0.4 is 10.6 Å². The summed E-state index contributed by atoms with van der Waals surface area (Å²) in [5, 5.41) is 6.41. The van der Waals surface area contributed by atoms with Crippen LogP contribution in [-0.4, -0.2) is 24.7 Å². The molecule has 1 saturated heterocycles. The van der Waals surface area contributed by atoms with Gasteiger partial charge in [-0.3, -0.25) is 4.79 Å². The first kappa shape index (κ1) is 13.6. The molecule has 1 amide bonds. The van der Waals surface area contributed by atoms with E-state index in [1.54, 1.807) is 0 Å². The minimum Gasteiger partial charge on any atom is -0.373 e. The van der Waals surface area contributed by atoms with Gasteiger partial charge in [-0.05, 0) is 43.5 Å². The highest BCUT2D eigenvalue weighted by Gasteiger charge is 2.31. The third-order valence-corrected chi connectivity index (χ3v) is 4.17. The molecule has 2 aliphatic heterocycles. The maximum atomic E-state index is 11.5. The summed E-state index contributed by atoms with van der Waals surface area (Å²) in [7, 11) is 0. The minimum absolute atomic E-state index is 0.0860. The fourth-order valence-electron chi connectivity index (χ4n) is 3.21. The van der Waals surface area contributed by atoms with Crippen LogP contribution in [-0.2, 0) is 16.0 Å². The van der Waals surface area contributed by atoms with Crippen molar-refractivity contribution in [2.24, 2.45) is 0 Å². The summed E-state index contributed by atoms with van der Waals surface area (Å²) < 4.78 is 6.03. The maximum Gasteiger partial charge on any atom is 0.228 e. The van der Waals surface area contributed by atoms with Gasteiger partial charge in [-0.2, -0.15) is 0 Å². The number of rotatable bonds is 4. The first-order valence-corrected chi connectivity index (χ1v) is 7.49. The summed E-state index contributed by atoms with van der Waals surface area (Å²) in [4.78, 5) is 11.5. The van der Waals surface area contributed by atoms with Crippen molar-refractivity contribution in [2.75, 3.05) is 11.9 Å². The molecule has 0 aromatic heterocycles. The molecule has 0 radical (unpaired) electrons. The van der Waals surface area contributed by atoms with E-state index in [1.807, 2.05) is 6.07 Å². The summed E-state index contributed by atoms with van der Waals surface area (Å²) in [6.07, 6.45) is 3.28. The number of nitrogens with one attached hydrogen (secondary N) is 2.